The van der Waals surface area contributed by atoms with E-state index in [1.54, 1.807) is 12.3 Å². The fourth-order valence-corrected chi connectivity index (χ4v) is 6.13. The van der Waals surface area contributed by atoms with Crippen molar-refractivity contribution < 1.29 is 23.6 Å². The Hall–Kier alpha value is -3.37. The van der Waals surface area contributed by atoms with Crippen molar-refractivity contribution in [3.63, 3.8) is 0 Å². The van der Waals surface area contributed by atoms with E-state index in [0.717, 1.165) is 0 Å². The van der Waals surface area contributed by atoms with E-state index in [0.29, 0.717) is 45.2 Å². The molecule has 6 rings (SSSR count). The smallest absolute Gasteiger partial charge is 0.242 e. The Morgan fingerprint density at radius 1 is 1.26 bits per heavy atom. The third-order valence-corrected chi connectivity index (χ3v) is 7.35. The third kappa shape index (κ3) is 2.78. The summed E-state index contributed by atoms with van der Waals surface area (Å²) in [5.74, 6) is -1.60. The van der Waals surface area contributed by atoms with E-state index in [2.05, 4.69) is 20.4 Å². The zero-order valence-corrected chi connectivity index (χ0v) is 19.1. The molecule has 0 aliphatic carbocycles. The molecule has 3 aromatic rings. The van der Waals surface area contributed by atoms with Crippen LogP contribution in [-0.4, -0.2) is 57.5 Å². The number of nitrogens with one attached hydrogen (secondary N) is 1. The van der Waals surface area contributed by atoms with Gasteiger partial charge in [0.1, 0.15) is 22.5 Å². The summed E-state index contributed by atoms with van der Waals surface area (Å²) in [6.07, 6.45) is 2.10. The topological polar surface area (TPSA) is 128 Å². The van der Waals surface area contributed by atoms with E-state index >= 15 is 0 Å². The van der Waals surface area contributed by atoms with Gasteiger partial charge >= 0.3 is 0 Å². The summed E-state index contributed by atoms with van der Waals surface area (Å²) in [4.78, 5) is 48.9. The van der Waals surface area contributed by atoms with Crippen LogP contribution in [0.5, 0.6) is 0 Å². The molecule has 4 atom stereocenters. The number of hydrogen-bond acceptors (Lipinski definition) is 9. The van der Waals surface area contributed by atoms with Crippen molar-refractivity contribution in [1.29, 1.82) is 0 Å². The van der Waals surface area contributed by atoms with Gasteiger partial charge in [0.15, 0.2) is 11.4 Å². The van der Waals surface area contributed by atoms with Gasteiger partial charge in [-0.2, -0.15) is 0 Å². The first-order valence-electron chi connectivity index (χ1n) is 11.0. The number of ketones is 1. The summed E-state index contributed by atoms with van der Waals surface area (Å²) in [7, 11) is 0. The van der Waals surface area contributed by atoms with Crippen molar-refractivity contribution in [2.24, 2.45) is 5.41 Å². The fraction of sp³-hybridized carbons (Fsp3) is 0.391. The molecule has 2 amide bonds. The first kappa shape index (κ1) is 21.2. The average molecular weight is 482 g/mol. The molecule has 3 aliphatic rings. The molecule has 10 nitrogen and oxygen atoms in total. The van der Waals surface area contributed by atoms with Crippen molar-refractivity contribution in [3.05, 3.63) is 35.2 Å². The van der Waals surface area contributed by atoms with Gasteiger partial charge in [-0.3, -0.25) is 19.7 Å². The highest BCUT2D eigenvalue weighted by atomic mass is 35.5. The molecule has 0 bridgehead atoms. The number of rotatable bonds is 1. The number of Topliss-reactive ketones (excluding diaryl/α,β-unsaturated/α-hetero) is 1. The van der Waals surface area contributed by atoms with Crippen molar-refractivity contribution in [3.8, 4) is 11.4 Å². The summed E-state index contributed by atoms with van der Waals surface area (Å²) in [6.45, 7) is 4.18. The minimum Gasteiger partial charge on any atom is -0.372 e. The molecule has 2 aromatic heterocycles. The summed E-state index contributed by atoms with van der Waals surface area (Å²) >= 11 is 6.91. The van der Waals surface area contributed by atoms with Crippen molar-refractivity contribution in [2.75, 3.05) is 11.4 Å². The van der Waals surface area contributed by atoms with Gasteiger partial charge in [-0.15, -0.1) is 0 Å². The lowest BCUT2D eigenvalue weighted by Gasteiger charge is -2.55. The Morgan fingerprint density at radius 3 is 2.82 bits per heavy atom. The fourth-order valence-electron chi connectivity index (χ4n) is 5.76. The van der Waals surface area contributed by atoms with E-state index in [9.17, 15) is 14.4 Å². The molecule has 174 valence electrons. The number of benzene rings is 1. The van der Waals surface area contributed by atoms with Crippen LogP contribution < -0.4 is 10.2 Å². The minimum atomic E-state index is -1.48. The maximum Gasteiger partial charge on any atom is 0.242 e. The Bertz CT molecular complexity index is 1350. The van der Waals surface area contributed by atoms with E-state index < -0.39 is 35.2 Å². The molecule has 11 heteroatoms. The van der Waals surface area contributed by atoms with Crippen LogP contribution in [0.3, 0.4) is 0 Å². The van der Waals surface area contributed by atoms with Crippen LogP contribution in [0.4, 0.5) is 5.69 Å². The van der Waals surface area contributed by atoms with Gasteiger partial charge in [0.2, 0.25) is 11.8 Å². The number of fused-ring (bicyclic) bond motifs is 5. The van der Waals surface area contributed by atoms with Crippen LogP contribution in [-0.2, 0) is 25.5 Å². The third-order valence-electron chi connectivity index (χ3n) is 7.00. The molecular weight excluding hydrogens is 462 g/mol. The molecule has 1 unspecified atom stereocenters. The second-order valence-electron chi connectivity index (χ2n) is 9.08. The SMILES string of the molecule is C[C@@H]1CN2c3c(cc4c(-c5ccncn5)noc4c3Cl)CC3(C(=O)CC(=O)NC3=O)[C@H]2[C@H](C)O1. The number of piperidine rings is 1. The van der Waals surface area contributed by atoms with Gasteiger partial charge in [-0.05, 0) is 38.0 Å². The number of carbonyl (C=O) groups is 3. The average Bonchev–Trinajstić information content (AvgIpc) is 3.21. The van der Waals surface area contributed by atoms with Gasteiger partial charge in [0.25, 0.3) is 0 Å². The summed E-state index contributed by atoms with van der Waals surface area (Å²) in [6, 6.07) is 2.93. The number of imide groups is 1. The highest BCUT2D eigenvalue weighted by Gasteiger charge is 2.62. The Morgan fingerprint density at radius 2 is 2.09 bits per heavy atom. The Balaban J connectivity index is 1.61. The number of morpholine rings is 1. The summed E-state index contributed by atoms with van der Waals surface area (Å²) in [5, 5.41) is 7.54. The van der Waals surface area contributed by atoms with Crippen LogP contribution in [0.15, 0.2) is 29.2 Å². The number of halogens is 1. The maximum atomic E-state index is 13.4. The molecule has 1 spiro atoms. The van der Waals surface area contributed by atoms with Crippen molar-refractivity contribution in [1.82, 2.24) is 20.4 Å². The number of ether oxygens (including phenoxy) is 1. The molecule has 0 radical (unpaired) electrons. The summed E-state index contributed by atoms with van der Waals surface area (Å²) < 4.78 is 11.7. The monoisotopic (exact) mass is 481 g/mol. The van der Waals surface area contributed by atoms with Crippen LogP contribution in [0.25, 0.3) is 22.4 Å². The van der Waals surface area contributed by atoms with Crippen molar-refractivity contribution >= 4 is 45.9 Å². The predicted molar refractivity (Wildman–Crippen MR) is 120 cm³/mol. The summed E-state index contributed by atoms with van der Waals surface area (Å²) in [5.41, 5.74) is 1.34. The number of nitrogens with zero attached hydrogens (tertiary/aromatic N) is 4. The number of anilines is 1. The molecule has 2 saturated heterocycles. The van der Waals surface area contributed by atoms with Gasteiger partial charge in [-0.25, -0.2) is 9.97 Å². The van der Waals surface area contributed by atoms with E-state index in [1.807, 2.05) is 24.8 Å². The Kier molecular flexibility index (Phi) is 4.56. The van der Waals surface area contributed by atoms with E-state index in [-0.39, 0.29) is 18.9 Å². The zero-order valence-electron chi connectivity index (χ0n) is 18.4. The number of aromatic nitrogens is 3. The predicted octanol–water partition coefficient (Wildman–Crippen LogP) is 2.08. The largest absolute Gasteiger partial charge is 0.372 e. The van der Waals surface area contributed by atoms with Gasteiger partial charge < -0.3 is 14.2 Å². The van der Waals surface area contributed by atoms with Crippen LogP contribution in [0.1, 0.15) is 25.8 Å². The second kappa shape index (κ2) is 7.31. The Labute approximate surface area is 198 Å². The molecule has 1 aromatic carbocycles. The van der Waals surface area contributed by atoms with Crippen molar-refractivity contribution in [2.45, 2.75) is 44.9 Å². The lowest BCUT2D eigenvalue weighted by atomic mass is 9.63. The molecule has 0 saturated carbocycles. The van der Waals surface area contributed by atoms with E-state index in [4.69, 9.17) is 20.9 Å². The number of hydrogen-bond donors (Lipinski definition) is 1. The lowest BCUT2D eigenvalue weighted by Crippen LogP contribution is -2.72. The quantitative estimate of drug-likeness (QED) is 0.410. The maximum absolute atomic E-state index is 13.4. The molecule has 1 N–H and O–H groups in total. The van der Waals surface area contributed by atoms with Crippen LogP contribution in [0, 0.1) is 5.41 Å². The highest BCUT2D eigenvalue weighted by Crippen LogP contribution is 2.52. The minimum absolute atomic E-state index is 0.0770. The molecule has 5 heterocycles. The molecule has 2 fully saturated rings. The molecule has 3 aliphatic heterocycles. The normalized spacial score (nSPS) is 28.7. The lowest BCUT2D eigenvalue weighted by molar-refractivity contribution is -0.158. The first-order chi connectivity index (χ1) is 16.3. The highest BCUT2D eigenvalue weighted by molar-refractivity contribution is 6.38. The molecule has 34 heavy (non-hydrogen) atoms. The first-order valence-corrected chi connectivity index (χ1v) is 11.4. The second-order valence-corrected chi connectivity index (χ2v) is 9.45. The van der Waals surface area contributed by atoms with E-state index in [1.165, 1.54) is 6.33 Å². The zero-order chi connectivity index (χ0) is 23.8. The van der Waals surface area contributed by atoms with Gasteiger partial charge in [0, 0.05) is 12.7 Å². The van der Waals surface area contributed by atoms with Crippen LogP contribution >= 0.6 is 11.6 Å². The molecular formula is C23H20ClN5O5. The van der Waals surface area contributed by atoms with Crippen LogP contribution in [0.2, 0.25) is 5.02 Å². The standard InChI is InChI=1S/C23H20ClN5O5/c1-10-8-29-19-12(5-13-18(14-3-4-25-9-26-14)28-34-20(13)17(19)24)7-23(21(29)11(2)33-10)15(30)6-16(31)27-22(23)32/h3-5,9-11,21H,6-8H2,1-2H3,(H,27,31,32)/t10-,11+,21-,23?/m1/s1. The van der Waals surface area contributed by atoms with Gasteiger partial charge in [-0.1, -0.05) is 16.8 Å². The number of amides is 2. The van der Waals surface area contributed by atoms with Gasteiger partial charge in [0.05, 0.1) is 41.4 Å². The number of carbonyl (C=O) groups excluding carboxylic acids is 3.